The van der Waals surface area contributed by atoms with Crippen LogP contribution in [-0.2, 0) is 10.0 Å². The van der Waals surface area contributed by atoms with Crippen LogP contribution < -0.4 is 5.73 Å². The largest absolute Gasteiger partial charge is 0.393 e. The molecule has 100 valence electrons. The van der Waals surface area contributed by atoms with Gasteiger partial charge >= 0.3 is 0 Å². The van der Waals surface area contributed by atoms with E-state index in [9.17, 15) is 12.8 Å². The first-order valence-electron chi connectivity index (χ1n) is 5.42. The van der Waals surface area contributed by atoms with Crippen LogP contribution in [0.2, 0.25) is 0 Å². The van der Waals surface area contributed by atoms with E-state index in [4.69, 9.17) is 18.0 Å². The van der Waals surface area contributed by atoms with E-state index in [0.29, 0.717) is 0 Å². The molecule has 0 heterocycles. The first-order valence-corrected chi connectivity index (χ1v) is 7.27. The molecule has 1 aromatic rings. The Bertz CT molecular complexity index is 532. The second kappa shape index (κ2) is 6.21. The van der Waals surface area contributed by atoms with E-state index in [2.05, 4.69) is 0 Å². The minimum atomic E-state index is -3.83. The van der Waals surface area contributed by atoms with Gasteiger partial charge in [-0.2, -0.15) is 4.31 Å². The van der Waals surface area contributed by atoms with Gasteiger partial charge in [-0.15, -0.1) is 0 Å². The smallest absolute Gasteiger partial charge is 0.245 e. The van der Waals surface area contributed by atoms with Crippen LogP contribution in [0.1, 0.15) is 13.3 Å². The lowest BCUT2D eigenvalue weighted by Gasteiger charge is -2.20. The Kier molecular flexibility index (Phi) is 5.18. The summed E-state index contributed by atoms with van der Waals surface area (Å²) in [4.78, 5) is -0.0908. The quantitative estimate of drug-likeness (QED) is 0.807. The molecule has 4 nitrogen and oxygen atoms in total. The third-order valence-electron chi connectivity index (χ3n) is 2.41. The molecule has 0 unspecified atom stereocenters. The topological polar surface area (TPSA) is 63.4 Å². The molecule has 0 amide bonds. The van der Waals surface area contributed by atoms with Gasteiger partial charge in [0.25, 0.3) is 0 Å². The maximum atomic E-state index is 13.5. The Morgan fingerprint density at radius 2 is 2.06 bits per heavy atom. The first-order chi connectivity index (χ1) is 8.39. The second-order valence-electron chi connectivity index (χ2n) is 3.64. The van der Waals surface area contributed by atoms with E-state index in [-0.39, 0.29) is 29.4 Å². The zero-order chi connectivity index (χ0) is 13.8. The van der Waals surface area contributed by atoms with Crippen molar-refractivity contribution in [1.29, 1.82) is 0 Å². The number of hydrogen-bond donors (Lipinski definition) is 1. The van der Waals surface area contributed by atoms with Gasteiger partial charge in [-0.1, -0.05) is 31.3 Å². The summed E-state index contributed by atoms with van der Waals surface area (Å²) in [7, 11) is -3.83. The third kappa shape index (κ3) is 3.47. The molecule has 0 aliphatic rings. The van der Waals surface area contributed by atoms with Crippen molar-refractivity contribution in [3.63, 3.8) is 0 Å². The Balaban J connectivity index is 3.04. The van der Waals surface area contributed by atoms with Crippen LogP contribution in [0.5, 0.6) is 0 Å². The Morgan fingerprint density at radius 1 is 1.44 bits per heavy atom. The molecule has 2 N–H and O–H groups in total. The maximum absolute atomic E-state index is 13.5. The lowest BCUT2D eigenvalue weighted by atomic mass is 10.3. The van der Waals surface area contributed by atoms with Gasteiger partial charge in [0, 0.05) is 19.5 Å². The molecule has 0 fully saturated rings. The highest BCUT2D eigenvalue weighted by Gasteiger charge is 2.25. The van der Waals surface area contributed by atoms with Gasteiger partial charge in [-0.25, -0.2) is 12.8 Å². The van der Waals surface area contributed by atoms with Gasteiger partial charge < -0.3 is 5.73 Å². The predicted molar refractivity (Wildman–Crippen MR) is 72.2 cm³/mol. The molecule has 0 aliphatic carbocycles. The summed E-state index contributed by atoms with van der Waals surface area (Å²) in [6.45, 7) is 2.07. The predicted octanol–water partition coefficient (Wildman–Crippen LogP) is 1.51. The number of sulfonamides is 1. The van der Waals surface area contributed by atoms with Gasteiger partial charge in [0.1, 0.15) is 10.7 Å². The van der Waals surface area contributed by atoms with E-state index in [1.807, 2.05) is 0 Å². The second-order valence-corrected chi connectivity index (χ2v) is 6.07. The Morgan fingerprint density at radius 3 is 2.56 bits per heavy atom. The fourth-order valence-corrected chi connectivity index (χ4v) is 3.08. The molecule has 1 rings (SSSR count). The summed E-state index contributed by atoms with van der Waals surface area (Å²) in [5, 5.41) is 0. The van der Waals surface area contributed by atoms with Crippen LogP contribution in [0.4, 0.5) is 4.39 Å². The van der Waals surface area contributed by atoms with Gasteiger partial charge in [0.05, 0.1) is 4.99 Å². The van der Waals surface area contributed by atoms with Crippen molar-refractivity contribution in [1.82, 2.24) is 4.31 Å². The number of nitrogens with two attached hydrogens (primary N) is 1. The summed E-state index contributed by atoms with van der Waals surface area (Å²) in [6.07, 6.45) is 0.275. The van der Waals surface area contributed by atoms with Gasteiger partial charge in [-0.3, -0.25) is 0 Å². The standard InChI is InChI=1S/C11H15FN2O2S2/c1-2-14(8-7-11(13)17)18(15,16)10-6-4-3-5-9(10)12/h3-6H,2,7-8H2,1H3,(H2,13,17). The minimum absolute atomic E-state index is 0.155. The molecule has 0 spiro atoms. The third-order valence-corrected chi connectivity index (χ3v) is 4.63. The number of nitrogens with zero attached hydrogens (tertiary/aromatic N) is 1. The van der Waals surface area contributed by atoms with Crippen molar-refractivity contribution in [2.24, 2.45) is 5.73 Å². The van der Waals surface area contributed by atoms with E-state index >= 15 is 0 Å². The summed E-state index contributed by atoms with van der Waals surface area (Å²) < 4.78 is 39.1. The SMILES string of the molecule is CCN(CCC(N)=S)S(=O)(=O)c1ccccc1F. The van der Waals surface area contributed by atoms with E-state index < -0.39 is 15.8 Å². The van der Waals surface area contributed by atoms with Crippen molar-refractivity contribution in [2.75, 3.05) is 13.1 Å². The van der Waals surface area contributed by atoms with Crippen LogP contribution in [0.15, 0.2) is 29.2 Å². The molecule has 18 heavy (non-hydrogen) atoms. The highest BCUT2D eigenvalue weighted by atomic mass is 32.2. The van der Waals surface area contributed by atoms with Gasteiger partial charge in [-0.05, 0) is 12.1 Å². The molecule has 0 aromatic heterocycles. The molecule has 1 aromatic carbocycles. The fraction of sp³-hybridized carbons (Fsp3) is 0.364. The molecule has 0 radical (unpaired) electrons. The summed E-state index contributed by atoms with van der Waals surface area (Å²) in [5.74, 6) is -0.758. The summed E-state index contributed by atoms with van der Waals surface area (Å²) in [6, 6.07) is 5.29. The molecule has 0 aliphatic heterocycles. The number of rotatable bonds is 6. The molecule has 0 saturated carbocycles. The fourth-order valence-electron chi connectivity index (χ4n) is 1.48. The monoisotopic (exact) mass is 290 g/mol. The normalized spacial score (nSPS) is 11.7. The van der Waals surface area contributed by atoms with Crippen molar-refractivity contribution in [3.05, 3.63) is 30.1 Å². The Labute approximate surface area is 112 Å². The van der Waals surface area contributed by atoms with Crippen LogP contribution in [0.3, 0.4) is 0 Å². The zero-order valence-electron chi connectivity index (χ0n) is 9.97. The number of benzene rings is 1. The van der Waals surface area contributed by atoms with Gasteiger partial charge in [0.15, 0.2) is 0 Å². The molecular weight excluding hydrogens is 275 g/mol. The number of thiocarbonyl (C=S) groups is 1. The Hall–Kier alpha value is -1.05. The van der Waals surface area contributed by atoms with E-state index in [1.165, 1.54) is 18.2 Å². The van der Waals surface area contributed by atoms with Crippen LogP contribution in [0, 0.1) is 5.82 Å². The van der Waals surface area contributed by atoms with Crippen molar-refractivity contribution < 1.29 is 12.8 Å². The lowest BCUT2D eigenvalue weighted by Crippen LogP contribution is -2.34. The summed E-state index contributed by atoms with van der Waals surface area (Å²) >= 11 is 4.71. The van der Waals surface area contributed by atoms with Crippen molar-refractivity contribution >= 4 is 27.2 Å². The molecule has 0 atom stereocenters. The highest BCUT2D eigenvalue weighted by molar-refractivity contribution is 7.89. The summed E-state index contributed by atoms with van der Waals surface area (Å²) in [5.41, 5.74) is 5.34. The zero-order valence-corrected chi connectivity index (χ0v) is 11.6. The first kappa shape index (κ1) is 15.0. The van der Waals surface area contributed by atoms with Crippen molar-refractivity contribution in [2.45, 2.75) is 18.2 Å². The van der Waals surface area contributed by atoms with Crippen molar-refractivity contribution in [3.8, 4) is 0 Å². The van der Waals surface area contributed by atoms with E-state index in [0.717, 1.165) is 10.4 Å². The lowest BCUT2D eigenvalue weighted by molar-refractivity contribution is 0.432. The van der Waals surface area contributed by atoms with Crippen LogP contribution >= 0.6 is 12.2 Å². The highest BCUT2D eigenvalue weighted by Crippen LogP contribution is 2.18. The molecule has 7 heteroatoms. The van der Waals surface area contributed by atoms with E-state index in [1.54, 1.807) is 6.92 Å². The number of hydrogen-bond acceptors (Lipinski definition) is 3. The molecular formula is C11H15FN2O2S2. The minimum Gasteiger partial charge on any atom is -0.393 e. The van der Waals surface area contributed by atoms with Gasteiger partial charge in [0.2, 0.25) is 10.0 Å². The number of halogens is 1. The van der Waals surface area contributed by atoms with Crippen LogP contribution in [-0.4, -0.2) is 30.8 Å². The maximum Gasteiger partial charge on any atom is 0.245 e. The average Bonchev–Trinajstić information content (AvgIpc) is 2.29. The molecule has 0 bridgehead atoms. The van der Waals surface area contributed by atoms with Crippen LogP contribution in [0.25, 0.3) is 0 Å². The molecule has 0 saturated heterocycles. The average molecular weight is 290 g/mol.